The molecule has 1 aromatic heterocycles. The molecule has 0 radical (unpaired) electrons. The Balaban J connectivity index is 2.04. The summed E-state index contributed by atoms with van der Waals surface area (Å²) in [5.41, 5.74) is 6.67. The van der Waals surface area contributed by atoms with Crippen molar-refractivity contribution in [3.8, 4) is 0 Å². The smallest absolute Gasteiger partial charge is 0.213 e. The quantitative estimate of drug-likeness (QED) is 0.781. The Kier molecular flexibility index (Phi) is 2.76. The SMILES string of the molecule is Cc1cnc(CNc2ccc(F)cc2N)o1. The number of halogens is 1. The van der Waals surface area contributed by atoms with Crippen LogP contribution < -0.4 is 11.1 Å². The van der Waals surface area contributed by atoms with Gasteiger partial charge in [-0.25, -0.2) is 9.37 Å². The van der Waals surface area contributed by atoms with Gasteiger partial charge in [-0.15, -0.1) is 0 Å². The first-order valence-corrected chi connectivity index (χ1v) is 4.85. The maximum Gasteiger partial charge on any atom is 0.213 e. The Bertz CT molecular complexity index is 496. The van der Waals surface area contributed by atoms with Crippen LogP contribution in [-0.2, 0) is 6.54 Å². The fourth-order valence-electron chi connectivity index (χ4n) is 1.35. The molecule has 0 saturated heterocycles. The molecular formula is C11H12FN3O. The highest BCUT2D eigenvalue weighted by Gasteiger charge is 2.03. The summed E-state index contributed by atoms with van der Waals surface area (Å²) >= 11 is 0. The van der Waals surface area contributed by atoms with Crippen LogP contribution in [0, 0.1) is 12.7 Å². The van der Waals surface area contributed by atoms with Crippen molar-refractivity contribution >= 4 is 11.4 Å². The molecule has 1 heterocycles. The minimum atomic E-state index is -0.352. The van der Waals surface area contributed by atoms with Gasteiger partial charge >= 0.3 is 0 Å². The fraction of sp³-hybridized carbons (Fsp3) is 0.182. The van der Waals surface area contributed by atoms with Crippen molar-refractivity contribution in [1.82, 2.24) is 4.98 Å². The number of nitrogen functional groups attached to an aromatic ring is 1. The Morgan fingerprint density at radius 1 is 1.50 bits per heavy atom. The summed E-state index contributed by atoms with van der Waals surface area (Å²) in [5, 5.41) is 3.02. The van der Waals surface area contributed by atoms with Crippen molar-refractivity contribution in [2.75, 3.05) is 11.1 Å². The third-order valence-corrected chi connectivity index (χ3v) is 2.11. The van der Waals surface area contributed by atoms with Crippen molar-refractivity contribution in [2.24, 2.45) is 0 Å². The van der Waals surface area contributed by atoms with Gasteiger partial charge in [0, 0.05) is 0 Å². The zero-order chi connectivity index (χ0) is 11.5. The van der Waals surface area contributed by atoms with E-state index in [9.17, 15) is 4.39 Å². The molecule has 0 aliphatic rings. The second kappa shape index (κ2) is 4.22. The van der Waals surface area contributed by atoms with E-state index in [1.807, 2.05) is 6.92 Å². The van der Waals surface area contributed by atoms with Crippen LogP contribution in [0.5, 0.6) is 0 Å². The highest BCUT2D eigenvalue weighted by molar-refractivity contribution is 5.65. The first-order valence-electron chi connectivity index (χ1n) is 4.85. The van der Waals surface area contributed by atoms with Gasteiger partial charge in [0.15, 0.2) is 0 Å². The molecule has 0 saturated carbocycles. The molecule has 0 aliphatic carbocycles. The second-order valence-electron chi connectivity index (χ2n) is 3.45. The van der Waals surface area contributed by atoms with E-state index >= 15 is 0 Å². The van der Waals surface area contributed by atoms with Gasteiger partial charge in [-0.05, 0) is 25.1 Å². The van der Waals surface area contributed by atoms with Gasteiger partial charge in [0.05, 0.1) is 24.1 Å². The van der Waals surface area contributed by atoms with Crippen molar-refractivity contribution in [3.05, 3.63) is 41.9 Å². The van der Waals surface area contributed by atoms with Crippen LogP contribution in [0.4, 0.5) is 15.8 Å². The van der Waals surface area contributed by atoms with Crippen LogP contribution in [0.15, 0.2) is 28.8 Å². The minimum absolute atomic E-state index is 0.352. The predicted octanol–water partition coefficient (Wildman–Crippen LogP) is 2.32. The average molecular weight is 221 g/mol. The van der Waals surface area contributed by atoms with Crippen molar-refractivity contribution in [3.63, 3.8) is 0 Å². The van der Waals surface area contributed by atoms with E-state index in [1.54, 1.807) is 12.3 Å². The number of hydrogen-bond donors (Lipinski definition) is 2. The molecular weight excluding hydrogens is 209 g/mol. The molecule has 0 fully saturated rings. The van der Waals surface area contributed by atoms with Crippen LogP contribution in [-0.4, -0.2) is 4.98 Å². The molecule has 2 rings (SSSR count). The average Bonchev–Trinajstić information content (AvgIpc) is 2.63. The molecule has 2 aromatic rings. The first kappa shape index (κ1) is 10.5. The Morgan fingerprint density at radius 2 is 2.31 bits per heavy atom. The van der Waals surface area contributed by atoms with Crippen LogP contribution in [0.25, 0.3) is 0 Å². The molecule has 16 heavy (non-hydrogen) atoms. The molecule has 3 N–H and O–H groups in total. The molecule has 84 valence electrons. The lowest BCUT2D eigenvalue weighted by Gasteiger charge is -2.06. The third-order valence-electron chi connectivity index (χ3n) is 2.11. The molecule has 0 amide bonds. The summed E-state index contributed by atoms with van der Waals surface area (Å²) in [5.74, 6) is 0.972. The molecule has 0 atom stereocenters. The largest absolute Gasteiger partial charge is 0.444 e. The lowest BCUT2D eigenvalue weighted by atomic mass is 10.2. The predicted molar refractivity (Wildman–Crippen MR) is 59.4 cm³/mol. The number of aryl methyl sites for hydroxylation is 1. The number of benzene rings is 1. The first-order chi connectivity index (χ1) is 7.65. The summed E-state index contributed by atoms with van der Waals surface area (Å²) in [6.07, 6.45) is 1.64. The van der Waals surface area contributed by atoms with Crippen LogP contribution in [0.1, 0.15) is 11.7 Å². The van der Waals surface area contributed by atoms with Crippen molar-refractivity contribution < 1.29 is 8.81 Å². The second-order valence-corrected chi connectivity index (χ2v) is 3.45. The van der Waals surface area contributed by atoms with Gasteiger partial charge in [-0.3, -0.25) is 0 Å². The number of nitrogens with zero attached hydrogens (tertiary/aromatic N) is 1. The normalized spacial score (nSPS) is 10.4. The molecule has 4 nitrogen and oxygen atoms in total. The van der Waals surface area contributed by atoms with Crippen LogP contribution in [0.2, 0.25) is 0 Å². The monoisotopic (exact) mass is 221 g/mol. The molecule has 5 heteroatoms. The molecule has 0 unspecified atom stereocenters. The minimum Gasteiger partial charge on any atom is -0.444 e. The summed E-state index contributed by atoms with van der Waals surface area (Å²) in [4.78, 5) is 4.03. The summed E-state index contributed by atoms with van der Waals surface area (Å²) in [6.45, 7) is 2.24. The van der Waals surface area contributed by atoms with E-state index in [0.29, 0.717) is 23.8 Å². The number of rotatable bonds is 3. The molecule has 0 bridgehead atoms. The van der Waals surface area contributed by atoms with Crippen molar-refractivity contribution in [2.45, 2.75) is 13.5 Å². The Hall–Kier alpha value is -2.04. The number of hydrogen-bond acceptors (Lipinski definition) is 4. The zero-order valence-corrected chi connectivity index (χ0v) is 8.83. The standard InChI is InChI=1S/C11H12FN3O/c1-7-5-15-11(16-7)6-14-10-3-2-8(12)4-9(10)13/h2-5,14H,6,13H2,1H3. The Morgan fingerprint density at radius 3 is 2.94 bits per heavy atom. The van der Waals surface area contributed by atoms with Gasteiger partial charge in [-0.1, -0.05) is 0 Å². The molecule has 0 aliphatic heterocycles. The molecule has 1 aromatic carbocycles. The maximum atomic E-state index is 12.8. The number of nitrogens with one attached hydrogen (secondary N) is 1. The Labute approximate surface area is 92.3 Å². The zero-order valence-electron chi connectivity index (χ0n) is 8.83. The third kappa shape index (κ3) is 2.31. The summed E-state index contributed by atoms with van der Waals surface area (Å²) < 4.78 is 18.1. The van der Waals surface area contributed by atoms with E-state index in [1.165, 1.54) is 12.1 Å². The topological polar surface area (TPSA) is 64.1 Å². The highest BCUT2D eigenvalue weighted by Crippen LogP contribution is 2.19. The van der Waals surface area contributed by atoms with Gasteiger partial charge in [-0.2, -0.15) is 0 Å². The van der Waals surface area contributed by atoms with Crippen LogP contribution in [0.3, 0.4) is 0 Å². The fourth-order valence-corrected chi connectivity index (χ4v) is 1.35. The number of oxazole rings is 1. The lowest BCUT2D eigenvalue weighted by molar-refractivity contribution is 0.479. The van der Waals surface area contributed by atoms with Gasteiger partial charge in [0.25, 0.3) is 0 Å². The maximum absolute atomic E-state index is 12.8. The highest BCUT2D eigenvalue weighted by atomic mass is 19.1. The summed E-state index contributed by atoms with van der Waals surface area (Å²) in [7, 11) is 0. The van der Waals surface area contributed by atoms with Gasteiger partial charge < -0.3 is 15.5 Å². The van der Waals surface area contributed by atoms with E-state index in [0.717, 1.165) is 5.76 Å². The lowest BCUT2D eigenvalue weighted by Crippen LogP contribution is -2.02. The number of anilines is 2. The number of nitrogens with two attached hydrogens (primary N) is 1. The van der Waals surface area contributed by atoms with Crippen LogP contribution >= 0.6 is 0 Å². The number of aromatic nitrogens is 1. The van der Waals surface area contributed by atoms with Gasteiger partial charge in [0.2, 0.25) is 5.89 Å². The van der Waals surface area contributed by atoms with Crippen molar-refractivity contribution in [1.29, 1.82) is 0 Å². The molecule has 0 spiro atoms. The van der Waals surface area contributed by atoms with E-state index in [4.69, 9.17) is 10.2 Å². The van der Waals surface area contributed by atoms with E-state index < -0.39 is 0 Å². The summed E-state index contributed by atoms with van der Waals surface area (Å²) in [6, 6.07) is 4.20. The van der Waals surface area contributed by atoms with E-state index in [2.05, 4.69) is 10.3 Å². The van der Waals surface area contributed by atoms with E-state index in [-0.39, 0.29) is 5.82 Å². The van der Waals surface area contributed by atoms with Gasteiger partial charge in [0.1, 0.15) is 11.6 Å².